The minimum absolute atomic E-state index is 0.183. The number of pyridine rings is 1. The summed E-state index contributed by atoms with van der Waals surface area (Å²) in [5, 5.41) is 3.29. The molecule has 2 aromatic heterocycles. The zero-order valence-electron chi connectivity index (χ0n) is 12.5. The number of rotatable bonds is 3. The van der Waals surface area contributed by atoms with Crippen molar-refractivity contribution in [3.05, 3.63) is 49.9 Å². The van der Waals surface area contributed by atoms with Crippen LogP contribution in [0.15, 0.2) is 27.9 Å². The molecule has 0 aliphatic carbocycles. The number of amides is 1. The second-order valence-corrected chi connectivity index (χ2v) is 5.82. The number of nitrogens with one attached hydrogen (secondary N) is 3. The number of halogens is 1. The standard InChI is InChI=1S/C14H15ClN6O3/c15-8-2-1-4-17-11(8)21-5-3-7(6-21)18-13(23)10-9(16)12(22)20-14(24)19-10/h1-2,4,7H,3,5-6,16H2,(H,18,23)(H2,19,20,22,24). The van der Waals surface area contributed by atoms with E-state index in [0.29, 0.717) is 30.4 Å². The van der Waals surface area contributed by atoms with Gasteiger partial charge >= 0.3 is 5.69 Å². The molecule has 1 aliphatic heterocycles. The summed E-state index contributed by atoms with van der Waals surface area (Å²) in [6, 6.07) is 3.31. The third-order valence-electron chi connectivity index (χ3n) is 3.77. The highest BCUT2D eigenvalue weighted by molar-refractivity contribution is 6.32. The van der Waals surface area contributed by atoms with Gasteiger partial charge in [-0.05, 0) is 18.6 Å². The van der Waals surface area contributed by atoms with Crippen LogP contribution in [0.4, 0.5) is 11.5 Å². The van der Waals surface area contributed by atoms with Crippen molar-refractivity contribution in [1.82, 2.24) is 20.3 Å². The lowest BCUT2D eigenvalue weighted by Crippen LogP contribution is -2.40. The molecule has 1 amide bonds. The van der Waals surface area contributed by atoms with Crippen LogP contribution in [-0.4, -0.2) is 40.0 Å². The van der Waals surface area contributed by atoms with Gasteiger partial charge in [0.25, 0.3) is 11.5 Å². The molecule has 126 valence electrons. The highest BCUT2D eigenvalue weighted by Crippen LogP contribution is 2.25. The second-order valence-electron chi connectivity index (χ2n) is 5.41. The number of nitrogens with zero attached hydrogens (tertiary/aromatic N) is 2. The van der Waals surface area contributed by atoms with Crippen LogP contribution < -0.4 is 27.2 Å². The largest absolute Gasteiger partial charge is 0.392 e. The first kappa shape index (κ1) is 16.1. The highest BCUT2D eigenvalue weighted by atomic mass is 35.5. The Morgan fingerprint density at radius 2 is 2.21 bits per heavy atom. The van der Waals surface area contributed by atoms with Crippen molar-refractivity contribution in [3.8, 4) is 0 Å². The number of anilines is 2. The maximum Gasteiger partial charge on any atom is 0.326 e. The number of nitrogens with two attached hydrogens (primary N) is 1. The summed E-state index contributed by atoms with van der Waals surface area (Å²) in [7, 11) is 0. The van der Waals surface area contributed by atoms with Crippen LogP contribution in [0.2, 0.25) is 5.02 Å². The average Bonchev–Trinajstić information content (AvgIpc) is 2.99. The van der Waals surface area contributed by atoms with Gasteiger partial charge in [-0.25, -0.2) is 9.78 Å². The lowest BCUT2D eigenvalue weighted by Gasteiger charge is -2.19. The maximum absolute atomic E-state index is 12.3. The van der Waals surface area contributed by atoms with E-state index in [0.717, 1.165) is 0 Å². The predicted octanol–water partition coefficient (Wildman–Crippen LogP) is -0.298. The zero-order chi connectivity index (χ0) is 17.3. The molecule has 5 N–H and O–H groups in total. The molecular weight excluding hydrogens is 336 g/mol. The normalized spacial score (nSPS) is 17.0. The minimum atomic E-state index is -0.794. The van der Waals surface area contributed by atoms with Crippen LogP contribution in [0.25, 0.3) is 0 Å². The Balaban J connectivity index is 1.72. The van der Waals surface area contributed by atoms with Crippen molar-refractivity contribution in [2.24, 2.45) is 0 Å². The van der Waals surface area contributed by atoms with Gasteiger partial charge in [-0.3, -0.25) is 14.6 Å². The van der Waals surface area contributed by atoms with E-state index in [2.05, 4.69) is 15.3 Å². The molecule has 2 aromatic rings. The molecule has 0 saturated carbocycles. The number of aromatic nitrogens is 3. The molecule has 1 aliphatic rings. The van der Waals surface area contributed by atoms with Gasteiger partial charge in [0.1, 0.15) is 17.2 Å². The molecule has 0 radical (unpaired) electrons. The van der Waals surface area contributed by atoms with Crippen molar-refractivity contribution < 1.29 is 4.79 Å². The summed E-state index contributed by atoms with van der Waals surface area (Å²) in [5.41, 5.74) is 3.41. The first-order valence-electron chi connectivity index (χ1n) is 7.24. The lowest BCUT2D eigenvalue weighted by atomic mass is 10.2. The third kappa shape index (κ3) is 3.11. The van der Waals surface area contributed by atoms with Crippen LogP contribution in [0, 0.1) is 0 Å². The van der Waals surface area contributed by atoms with Gasteiger partial charge in [-0.1, -0.05) is 11.6 Å². The number of hydrogen-bond donors (Lipinski definition) is 4. The first-order chi connectivity index (χ1) is 11.5. The van der Waals surface area contributed by atoms with Crippen molar-refractivity contribution in [2.45, 2.75) is 12.5 Å². The third-order valence-corrected chi connectivity index (χ3v) is 4.06. The molecule has 0 spiro atoms. The number of H-pyrrole nitrogens is 2. The fourth-order valence-corrected chi connectivity index (χ4v) is 2.85. The van der Waals surface area contributed by atoms with Gasteiger partial charge in [0.2, 0.25) is 0 Å². The van der Waals surface area contributed by atoms with Gasteiger partial charge in [0.15, 0.2) is 0 Å². The monoisotopic (exact) mass is 350 g/mol. The Labute approximate surface area is 140 Å². The maximum atomic E-state index is 12.3. The fraction of sp³-hybridized carbons (Fsp3) is 0.286. The summed E-state index contributed by atoms with van der Waals surface area (Å²) < 4.78 is 0. The highest BCUT2D eigenvalue weighted by Gasteiger charge is 2.27. The van der Waals surface area contributed by atoms with E-state index in [-0.39, 0.29) is 17.4 Å². The molecule has 0 aromatic carbocycles. The van der Waals surface area contributed by atoms with Crippen LogP contribution >= 0.6 is 11.6 Å². The molecule has 1 unspecified atom stereocenters. The SMILES string of the molecule is Nc1c(C(=O)NC2CCN(c3ncccc3Cl)C2)[nH]c(=O)[nH]c1=O. The van der Waals surface area contributed by atoms with Crippen molar-refractivity contribution in [1.29, 1.82) is 0 Å². The van der Waals surface area contributed by atoms with Gasteiger partial charge < -0.3 is 20.9 Å². The summed E-state index contributed by atoms with van der Waals surface area (Å²) in [4.78, 5) is 45.4. The van der Waals surface area contributed by atoms with E-state index in [4.69, 9.17) is 17.3 Å². The predicted molar refractivity (Wildman–Crippen MR) is 89.4 cm³/mol. The Morgan fingerprint density at radius 3 is 2.96 bits per heavy atom. The molecule has 1 atom stereocenters. The van der Waals surface area contributed by atoms with Crippen molar-refractivity contribution >= 4 is 29.0 Å². The molecule has 3 rings (SSSR count). The fourth-order valence-electron chi connectivity index (χ4n) is 2.61. The quantitative estimate of drug-likeness (QED) is 0.600. The Kier molecular flexibility index (Phi) is 4.26. The summed E-state index contributed by atoms with van der Waals surface area (Å²) in [5.74, 6) is 0.0506. The first-order valence-corrected chi connectivity index (χ1v) is 7.62. The number of hydrogen-bond acceptors (Lipinski definition) is 6. The zero-order valence-corrected chi connectivity index (χ0v) is 13.3. The summed E-state index contributed by atoms with van der Waals surface area (Å²) in [6.45, 7) is 1.18. The molecule has 1 fully saturated rings. The Morgan fingerprint density at radius 1 is 1.42 bits per heavy atom. The van der Waals surface area contributed by atoms with E-state index in [9.17, 15) is 14.4 Å². The van der Waals surface area contributed by atoms with Gasteiger partial charge in [0, 0.05) is 25.3 Å². The molecular formula is C14H15ClN6O3. The van der Waals surface area contributed by atoms with Gasteiger partial charge in [-0.15, -0.1) is 0 Å². The number of aromatic amines is 2. The van der Waals surface area contributed by atoms with E-state index in [1.165, 1.54) is 0 Å². The van der Waals surface area contributed by atoms with Crippen LogP contribution in [0.1, 0.15) is 16.9 Å². The molecule has 1 saturated heterocycles. The van der Waals surface area contributed by atoms with Gasteiger partial charge in [-0.2, -0.15) is 0 Å². The molecule has 0 bridgehead atoms. The van der Waals surface area contributed by atoms with E-state index in [1.54, 1.807) is 18.3 Å². The van der Waals surface area contributed by atoms with Crippen molar-refractivity contribution in [2.75, 3.05) is 23.7 Å². The number of carbonyl (C=O) groups is 1. The molecule has 10 heteroatoms. The van der Waals surface area contributed by atoms with Crippen LogP contribution in [0.3, 0.4) is 0 Å². The summed E-state index contributed by atoms with van der Waals surface area (Å²) in [6.07, 6.45) is 2.32. The molecule has 3 heterocycles. The van der Waals surface area contributed by atoms with Gasteiger partial charge in [0.05, 0.1) is 5.02 Å². The number of carbonyl (C=O) groups excluding carboxylic acids is 1. The van der Waals surface area contributed by atoms with E-state index in [1.807, 2.05) is 9.88 Å². The van der Waals surface area contributed by atoms with E-state index >= 15 is 0 Å². The Bertz CT molecular complexity index is 893. The van der Waals surface area contributed by atoms with E-state index < -0.39 is 17.2 Å². The van der Waals surface area contributed by atoms with Crippen molar-refractivity contribution in [3.63, 3.8) is 0 Å². The average molecular weight is 351 g/mol. The number of nitrogen functional groups attached to an aromatic ring is 1. The van der Waals surface area contributed by atoms with Crippen LogP contribution in [0.5, 0.6) is 0 Å². The second kappa shape index (κ2) is 6.36. The Hall–Kier alpha value is -2.81. The summed E-state index contributed by atoms with van der Waals surface area (Å²) >= 11 is 6.12. The molecule has 9 nitrogen and oxygen atoms in total. The lowest BCUT2D eigenvalue weighted by molar-refractivity contribution is 0.0935. The smallest absolute Gasteiger partial charge is 0.326 e. The molecule has 24 heavy (non-hydrogen) atoms. The topological polar surface area (TPSA) is 137 Å². The minimum Gasteiger partial charge on any atom is -0.392 e. The van der Waals surface area contributed by atoms with Crippen LogP contribution in [-0.2, 0) is 0 Å².